The molecule has 0 fully saturated rings. The van der Waals surface area contributed by atoms with Crippen molar-refractivity contribution in [1.82, 2.24) is 0 Å². The van der Waals surface area contributed by atoms with Crippen LogP contribution in [-0.2, 0) is 0 Å². The molecule has 0 N–H and O–H groups in total. The van der Waals surface area contributed by atoms with Crippen LogP contribution in [0.2, 0.25) is 0 Å². The summed E-state index contributed by atoms with van der Waals surface area (Å²) < 4.78 is 9.39. The monoisotopic (exact) mass is 669 g/mol. The lowest BCUT2D eigenvalue weighted by atomic mass is 9.96. The minimum atomic E-state index is 0.867. The van der Waals surface area contributed by atoms with E-state index < -0.39 is 0 Å². The molecule has 51 heavy (non-hydrogen) atoms. The van der Waals surface area contributed by atoms with E-state index in [4.69, 9.17) is 4.42 Å². The third-order valence-corrected chi connectivity index (χ3v) is 11.1. The molecule has 10 rings (SSSR count). The zero-order valence-electron chi connectivity index (χ0n) is 27.7. The molecule has 0 saturated heterocycles. The first-order chi connectivity index (χ1) is 25.3. The fourth-order valence-corrected chi connectivity index (χ4v) is 8.75. The summed E-state index contributed by atoms with van der Waals surface area (Å²) >= 11 is 1.85. The van der Waals surface area contributed by atoms with E-state index in [-0.39, 0.29) is 0 Å². The van der Waals surface area contributed by atoms with Crippen molar-refractivity contribution in [3.63, 3.8) is 0 Å². The van der Waals surface area contributed by atoms with Crippen molar-refractivity contribution in [3.8, 4) is 33.4 Å². The van der Waals surface area contributed by atoms with Gasteiger partial charge in [-0.3, -0.25) is 0 Å². The molecule has 0 atom stereocenters. The topological polar surface area (TPSA) is 16.4 Å². The Balaban J connectivity index is 1.32. The maximum absolute atomic E-state index is 6.89. The Morgan fingerprint density at radius 1 is 0.412 bits per heavy atom. The smallest absolute Gasteiger partial charge is 0.160 e. The molecular weight excluding hydrogens is 639 g/mol. The van der Waals surface area contributed by atoms with Gasteiger partial charge in [-0.25, -0.2) is 0 Å². The van der Waals surface area contributed by atoms with Gasteiger partial charge < -0.3 is 9.32 Å². The molecule has 8 aromatic carbocycles. The van der Waals surface area contributed by atoms with E-state index in [1.165, 1.54) is 42.4 Å². The molecule has 0 unspecified atom stereocenters. The van der Waals surface area contributed by atoms with Crippen LogP contribution in [0.5, 0.6) is 0 Å². The summed E-state index contributed by atoms with van der Waals surface area (Å²) in [6, 6.07) is 67.2. The Labute approximate surface area is 300 Å². The Kier molecular flexibility index (Phi) is 7.04. The van der Waals surface area contributed by atoms with Crippen LogP contribution in [0.3, 0.4) is 0 Å². The number of hydrogen-bond acceptors (Lipinski definition) is 3. The van der Waals surface area contributed by atoms with Crippen LogP contribution in [-0.4, -0.2) is 0 Å². The molecule has 0 bridgehead atoms. The Bertz CT molecular complexity index is 2840. The average molecular weight is 670 g/mol. The lowest BCUT2D eigenvalue weighted by Crippen LogP contribution is -2.12. The zero-order valence-corrected chi connectivity index (χ0v) is 28.5. The van der Waals surface area contributed by atoms with Gasteiger partial charge in [-0.15, -0.1) is 11.3 Å². The van der Waals surface area contributed by atoms with E-state index in [1.54, 1.807) is 0 Å². The molecule has 240 valence electrons. The molecule has 2 heterocycles. The Hall–Kier alpha value is -6.42. The number of benzene rings is 8. The summed E-state index contributed by atoms with van der Waals surface area (Å²) in [6.07, 6.45) is 0. The lowest BCUT2D eigenvalue weighted by Gasteiger charge is -2.29. The SMILES string of the molecule is c1ccc(-c2ccc(N(c3c(-c4ccccc4)ccc4c3oc3ccccc34)c3ccc(-c4ccccc4)c4c3sc3ccccc34)cc2)cc1. The van der Waals surface area contributed by atoms with Crippen LogP contribution in [0.4, 0.5) is 17.1 Å². The van der Waals surface area contributed by atoms with Crippen molar-refractivity contribution < 1.29 is 4.42 Å². The fraction of sp³-hybridized carbons (Fsp3) is 0. The van der Waals surface area contributed by atoms with Crippen LogP contribution in [0, 0.1) is 0 Å². The predicted octanol–water partition coefficient (Wildman–Crippen LogP) is 14.4. The third-order valence-electron chi connectivity index (χ3n) is 9.89. The predicted molar refractivity (Wildman–Crippen MR) is 218 cm³/mol. The molecule has 3 heteroatoms. The van der Waals surface area contributed by atoms with Gasteiger partial charge in [0.2, 0.25) is 0 Å². The highest BCUT2D eigenvalue weighted by Gasteiger charge is 2.27. The van der Waals surface area contributed by atoms with Gasteiger partial charge in [-0.2, -0.15) is 0 Å². The van der Waals surface area contributed by atoms with Crippen molar-refractivity contribution in [1.29, 1.82) is 0 Å². The molecule has 0 saturated carbocycles. The molecule has 2 nitrogen and oxygen atoms in total. The highest BCUT2D eigenvalue weighted by Crippen LogP contribution is 2.52. The van der Waals surface area contributed by atoms with E-state index in [9.17, 15) is 0 Å². The summed E-state index contributed by atoms with van der Waals surface area (Å²) in [6.45, 7) is 0. The number of thiophene rings is 1. The maximum atomic E-state index is 6.89. The first-order valence-electron chi connectivity index (χ1n) is 17.3. The first-order valence-corrected chi connectivity index (χ1v) is 18.1. The molecule has 0 radical (unpaired) electrons. The van der Waals surface area contributed by atoms with Gasteiger partial charge >= 0.3 is 0 Å². The highest BCUT2D eigenvalue weighted by atomic mass is 32.1. The summed E-state index contributed by atoms with van der Waals surface area (Å²) in [5.41, 5.74) is 12.0. The largest absolute Gasteiger partial charge is 0.454 e. The van der Waals surface area contributed by atoms with Crippen molar-refractivity contribution in [2.75, 3.05) is 4.90 Å². The fourth-order valence-electron chi connectivity index (χ4n) is 7.52. The maximum Gasteiger partial charge on any atom is 0.160 e. The van der Waals surface area contributed by atoms with Crippen molar-refractivity contribution in [2.45, 2.75) is 0 Å². The summed E-state index contributed by atoms with van der Waals surface area (Å²) in [4.78, 5) is 2.44. The molecule has 0 aliphatic heterocycles. The van der Waals surface area contributed by atoms with E-state index in [2.05, 4.69) is 187 Å². The van der Waals surface area contributed by atoms with Crippen molar-refractivity contribution in [3.05, 3.63) is 188 Å². The van der Waals surface area contributed by atoms with E-state index in [0.29, 0.717) is 0 Å². The van der Waals surface area contributed by atoms with E-state index >= 15 is 0 Å². The minimum absolute atomic E-state index is 0.867. The van der Waals surface area contributed by atoms with Crippen LogP contribution in [0.25, 0.3) is 75.5 Å². The molecule has 10 aromatic rings. The highest BCUT2D eigenvalue weighted by molar-refractivity contribution is 7.26. The van der Waals surface area contributed by atoms with Gasteiger partial charge in [-0.05, 0) is 64.2 Å². The number of anilines is 3. The number of fused-ring (bicyclic) bond motifs is 6. The van der Waals surface area contributed by atoms with Crippen LogP contribution in [0.1, 0.15) is 0 Å². The first kappa shape index (κ1) is 29.5. The van der Waals surface area contributed by atoms with E-state index in [0.717, 1.165) is 50.1 Å². The molecule has 0 spiro atoms. The standard InChI is InChI=1S/C48H31NOS/c1-4-14-32(15-5-1)33-24-26-36(27-25-33)49(42-31-30-37(34-16-6-2-7-17-34)45-41-21-11-13-23-44(41)51-48(42)45)46-38(35-18-8-3-9-19-35)28-29-40-39-20-10-12-22-43(39)50-47(40)46/h1-31H. The lowest BCUT2D eigenvalue weighted by molar-refractivity contribution is 0.669. The number of nitrogens with zero attached hydrogens (tertiary/aromatic N) is 1. The quantitative estimate of drug-likeness (QED) is 0.175. The number of furan rings is 1. The molecule has 2 aromatic heterocycles. The van der Waals surface area contributed by atoms with Crippen LogP contribution >= 0.6 is 11.3 Å². The molecule has 0 amide bonds. The summed E-state index contributed by atoms with van der Waals surface area (Å²) in [7, 11) is 0. The van der Waals surface area contributed by atoms with Crippen LogP contribution < -0.4 is 4.90 Å². The number of hydrogen-bond donors (Lipinski definition) is 0. The second-order valence-electron chi connectivity index (χ2n) is 12.9. The van der Waals surface area contributed by atoms with Gasteiger partial charge in [0.15, 0.2) is 5.58 Å². The van der Waals surface area contributed by atoms with E-state index in [1.807, 2.05) is 17.4 Å². The molecular formula is C48H31NOS. The summed E-state index contributed by atoms with van der Waals surface area (Å²) in [5.74, 6) is 0. The minimum Gasteiger partial charge on any atom is -0.454 e. The molecule has 0 aliphatic rings. The van der Waals surface area contributed by atoms with Gasteiger partial charge in [0, 0.05) is 37.5 Å². The molecule has 0 aliphatic carbocycles. The normalized spacial score (nSPS) is 11.5. The second kappa shape index (κ2) is 12.2. The average Bonchev–Trinajstić information content (AvgIpc) is 3.79. The Morgan fingerprint density at radius 3 is 1.71 bits per heavy atom. The second-order valence-corrected chi connectivity index (χ2v) is 13.9. The Morgan fingerprint density at radius 2 is 0.980 bits per heavy atom. The van der Waals surface area contributed by atoms with Crippen molar-refractivity contribution >= 4 is 70.5 Å². The zero-order chi connectivity index (χ0) is 33.7. The van der Waals surface area contributed by atoms with Gasteiger partial charge in [0.25, 0.3) is 0 Å². The number of rotatable bonds is 6. The van der Waals surface area contributed by atoms with Crippen molar-refractivity contribution in [2.24, 2.45) is 0 Å². The summed E-state index contributed by atoms with van der Waals surface area (Å²) in [5, 5.41) is 4.74. The van der Waals surface area contributed by atoms with Gasteiger partial charge in [0.1, 0.15) is 5.58 Å². The number of para-hydroxylation sites is 1. The van der Waals surface area contributed by atoms with Crippen LogP contribution in [0.15, 0.2) is 192 Å². The van der Waals surface area contributed by atoms with Gasteiger partial charge in [-0.1, -0.05) is 152 Å². The third kappa shape index (κ3) is 4.93. The van der Waals surface area contributed by atoms with Gasteiger partial charge in [0.05, 0.1) is 16.1 Å².